The average molecular weight is 221 g/mol. The molecule has 1 N–H and O–H groups in total. The Morgan fingerprint density at radius 1 is 1.60 bits per heavy atom. The molecule has 2 aromatic heterocycles. The largest absolute Gasteiger partial charge is 0.329 e. The number of hydrogen-bond acceptors (Lipinski definition) is 2. The number of fused-ring (bicyclic) bond motifs is 1. The Morgan fingerprint density at radius 2 is 2.33 bits per heavy atom. The molecule has 2 heterocycles. The highest BCUT2D eigenvalue weighted by Gasteiger charge is 2.10. The lowest BCUT2D eigenvalue weighted by molar-refractivity contribution is 0.535. The monoisotopic (exact) mass is 221 g/mol. The van der Waals surface area contributed by atoms with Crippen LogP contribution in [-0.4, -0.2) is 14.5 Å². The fourth-order valence-electron chi connectivity index (χ4n) is 1.71. The van der Waals surface area contributed by atoms with Crippen molar-refractivity contribution in [2.75, 3.05) is 0 Å². The zero-order chi connectivity index (χ0) is 11.0. The predicted octanol–water partition coefficient (Wildman–Crippen LogP) is 3.37. The van der Waals surface area contributed by atoms with Gasteiger partial charge >= 0.3 is 0 Å². The number of H-pyrrole nitrogens is 1. The van der Waals surface area contributed by atoms with Gasteiger partial charge in [0, 0.05) is 12.2 Å². The summed E-state index contributed by atoms with van der Waals surface area (Å²) < 4.78 is 2.85. The van der Waals surface area contributed by atoms with Crippen LogP contribution in [0.4, 0.5) is 0 Å². The molecule has 15 heavy (non-hydrogen) atoms. The van der Waals surface area contributed by atoms with Gasteiger partial charge in [0.2, 0.25) is 0 Å². The Bertz CT molecular complexity index is 538. The van der Waals surface area contributed by atoms with Gasteiger partial charge in [0.1, 0.15) is 0 Å². The van der Waals surface area contributed by atoms with Crippen LogP contribution in [-0.2, 0) is 0 Å². The number of nitrogens with one attached hydrogen (secondary N) is 1. The molecule has 0 amide bonds. The van der Waals surface area contributed by atoms with Crippen molar-refractivity contribution in [3.8, 4) is 0 Å². The Kier molecular flexibility index (Phi) is 2.61. The van der Waals surface area contributed by atoms with E-state index in [1.807, 2.05) is 13.1 Å². The first kappa shape index (κ1) is 10.4. The van der Waals surface area contributed by atoms with Crippen LogP contribution in [0.5, 0.6) is 0 Å². The van der Waals surface area contributed by atoms with Gasteiger partial charge in [0.15, 0.2) is 10.4 Å². The summed E-state index contributed by atoms with van der Waals surface area (Å²) >= 11 is 5.31. The van der Waals surface area contributed by atoms with Crippen LogP contribution in [0.15, 0.2) is 12.3 Å². The molecular weight excluding hydrogens is 206 g/mol. The van der Waals surface area contributed by atoms with Gasteiger partial charge in [-0.1, -0.05) is 6.92 Å². The predicted molar refractivity (Wildman–Crippen MR) is 64.7 cm³/mol. The van der Waals surface area contributed by atoms with Crippen LogP contribution in [0.25, 0.3) is 11.2 Å². The molecule has 0 saturated heterocycles. The SMILES string of the molecule is CCC(C)n1c(=S)[nH]c2cc(C)cnc21. The van der Waals surface area contributed by atoms with Crippen molar-refractivity contribution in [2.45, 2.75) is 33.2 Å². The van der Waals surface area contributed by atoms with E-state index in [1.54, 1.807) is 0 Å². The first-order chi connectivity index (χ1) is 7.13. The molecule has 0 saturated carbocycles. The van der Waals surface area contributed by atoms with Gasteiger partial charge in [-0.15, -0.1) is 0 Å². The second-order valence-corrected chi connectivity index (χ2v) is 4.33. The molecule has 4 heteroatoms. The van der Waals surface area contributed by atoms with Crippen LogP contribution in [0, 0.1) is 11.7 Å². The average Bonchev–Trinajstić information content (AvgIpc) is 2.52. The number of nitrogens with zero attached hydrogens (tertiary/aromatic N) is 2. The Hall–Kier alpha value is -1.16. The quantitative estimate of drug-likeness (QED) is 0.789. The Balaban J connectivity index is 2.74. The number of hydrogen-bond donors (Lipinski definition) is 1. The van der Waals surface area contributed by atoms with Crippen LogP contribution in [0.3, 0.4) is 0 Å². The van der Waals surface area contributed by atoms with Gasteiger partial charge in [-0.2, -0.15) is 0 Å². The molecule has 0 aliphatic carbocycles. The lowest BCUT2D eigenvalue weighted by Gasteiger charge is -2.10. The van der Waals surface area contributed by atoms with Gasteiger partial charge in [-0.05, 0) is 44.1 Å². The van der Waals surface area contributed by atoms with Gasteiger partial charge in [0.25, 0.3) is 0 Å². The van der Waals surface area contributed by atoms with Crippen molar-refractivity contribution in [1.29, 1.82) is 0 Å². The van der Waals surface area contributed by atoms with Gasteiger partial charge in [-0.25, -0.2) is 4.98 Å². The number of aromatic nitrogens is 3. The summed E-state index contributed by atoms with van der Waals surface area (Å²) in [7, 11) is 0. The fraction of sp³-hybridized carbons (Fsp3) is 0.455. The van der Waals surface area contributed by atoms with Gasteiger partial charge in [0.05, 0.1) is 5.52 Å². The van der Waals surface area contributed by atoms with E-state index in [1.165, 1.54) is 0 Å². The van der Waals surface area contributed by atoms with E-state index >= 15 is 0 Å². The molecule has 0 radical (unpaired) electrons. The molecule has 2 aromatic rings. The molecule has 0 aromatic carbocycles. The van der Waals surface area contributed by atoms with E-state index in [0.717, 1.165) is 27.9 Å². The Labute approximate surface area is 94.2 Å². The lowest BCUT2D eigenvalue weighted by atomic mass is 10.2. The molecule has 0 bridgehead atoms. The molecule has 0 spiro atoms. The molecule has 0 aliphatic heterocycles. The minimum Gasteiger partial charge on any atom is -0.329 e. The molecule has 0 fully saturated rings. The van der Waals surface area contributed by atoms with E-state index < -0.39 is 0 Å². The summed E-state index contributed by atoms with van der Waals surface area (Å²) in [5, 5.41) is 0. The summed E-state index contributed by atoms with van der Waals surface area (Å²) in [6.45, 7) is 6.34. The van der Waals surface area contributed by atoms with E-state index in [4.69, 9.17) is 12.2 Å². The normalized spacial score (nSPS) is 13.3. The Morgan fingerprint density at radius 3 is 3.00 bits per heavy atom. The third kappa shape index (κ3) is 1.69. The van der Waals surface area contributed by atoms with Crippen molar-refractivity contribution in [3.05, 3.63) is 22.6 Å². The van der Waals surface area contributed by atoms with Gasteiger partial charge < -0.3 is 4.98 Å². The van der Waals surface area contributed by atoms with E-state index in [2.05, 4.69) is 34.4 Å². The summed E-state index contributed by atoms with van der Waals surface area (Å²) in [5.41, 5.74) is 3.13. The molecule has 0 aliphatic rings. The maximum Gasteiger partial charge on any atom is 0.179 e. The second kappa shape index (κ2) is 3.77. The van der Waals surface area contributed by atoms with Crippen LogP contribution >= 0.6 is 12.2 Å². The van der Waals surface area contributed by atoms with Crippen molar-refractivity contribution in [1.82, 2.24) is 14.5 Å². The highest BCUT2D eigenvalue weighted by atomic mass is 32.1. The van der Waals surface area contributed by atoms with Crippen LogP contribution in [0.2, 0.25) is 0 Å². The lowest BCUT2D eigenvalue weighted by Crippen LogP contribution is -2.04. The molecule has 2 rings (SSSR count). The highest BCUT2D eigenvalue weighted by molar-refractivity contribution is 7.71. The van der Waals surface area contributed by atoms with Crippen molar-refractivity contribution >= 4 is 23.4 Å². The number of rotatable bonds is 2. The first-order valence-electron chi connectivity index (χ1n) is 5.20. The zero-order valence-corrected chi connectivity index (χ0v) is 10.1. The van der Waals surface area contributed by atoms with E-state index in [0.29, 0.717) is 6.04 Å². The highest BCUT2D eigenvalue weighted by Crippen LogP contribution is 2.19. The molecular formula is C11H15N3S. The zero-order valence-electron chi connectivity index (χ0n) is 9.24. The third-order valence-corrected chi connectivity index (χ3v) is 3.02. The summed E-state index contributed by atoms with van der Waals surface area (Å²) in [4.78, 5) is 7.63. The topological polar surface area (TPSA) is 33.6 Å². The van der Waals surface area contributed by atoms with Crippen molar-refractivity contribution in [2.24, 2.45) is 0 Å². The first-order valence-corrected chi connectivity index (χ1v) is 5.61. The number of pyridine rings is 1. The number of aryl methyl sites for hydroxylation is 1. The van der Waals surface area contributed by atoms with Gasteiger partial charge in [-0.3, -0.25) is 4.57 Å². The third-order valence-electron chi connectivity index (χ3n) is 2.72. The van der Waals surface area contributed by atoms with Crippen LogP contribution < -0.4 is 0 Å². The molecule has 1 unspecified atom stereocenters. The maximum absolute atomic E-state index is 5.31. The summed E-state index contributed by atoms with van der Waals surface area (Å²) in [6, 6.07) is 2.47. The minimum atomic E-state index is 0.390. The van der Waals surface area contributed by atoms with E-state index in [-0.39, 0.29) is 0 Å². The smallest absolute Gasteiger partial charge is 0.179 e. The number of imidazole rings is 1. The van der Waals surface area contributed by atoms with Crippen molar-refractivity contribution < 1.29 is 0 Å². The minimum absolute atomic E-state index is 0.390. The second-order valence-electron chi connectivity index (χ2n) is 3.94. The standard InChI is InChI=1S/C11H15N3S/c1-4-8(3)14-10-9(13-11(14)15)5-7(2)6-12-10/h5-6,8H,4H2,1-3H3,(H,13,15). The fourth-order valence-corrected chi connectivity index (χ4v) is 2.09. The van der Waals surface area contributed by atoms with E-state index in [9.17, 15) is 0 Å². The summed E-state index contributed by atoms with van der Waals surface area (Å²) in [6.07, 6.45) is 2.93. The number of aromatic amines is 1. The molecule has 80 valence electrons. The van der Waals surface area contributed by atoms with Crippen LogP contribution in [0.1, 0.15) is 31.9 Å². The molecule has 1 atom stereocenters. The molecule has 3 nitrogen and oxygen atoms in total. The maximum atomic E-state index is 5.31. The van der Waals surface area contributed by atoms with Crippen molar-refractivity contribution in [3.63, 3.8) is 0 Å². The summed E-state index contributed by atoms with van der Waals surface area (Å²) in [5.74, 6) is 0.